The van der Waals surface area contributed by atoms with Crippen LogP contribution in [0.4, 0.5) is 17.6 Å². The Morgan fingerprint density at radius 2 is 1.82 bits per heavy atom. The van der Waals surface area contributed by atoms with Crippen molar-refractivity contribution in [2.45, 2.75) is 19.6 Å². The summed E-state index contributed by atoms with van der Waals surface area (Å²) >= 11 is 0. The van der Waals surface area contributed by atoms with E-state index in [9.17, 15) is 27.2 Å². The molecule has 3 heterocycles. The molecular weight excluding hydrogens is 454 g/mol. The lowest BCUT2D eigenvalue weighted by Crippen LogP contribution is -2.23. The highest BCUT2D eigenvalue weighted by molar-refractivity contribution is 6.11. The van der Waals surface area contributed by atoms with Crippen molar-refractivity contribution >= 4 is 23.4 Å². The standard InChI is InChI=1S/C23H17F4N5O2/c1-14-17(12-28-29-20(33)13-31-11-9-19(30-31)23(25,26)27)18-4-2-3-10-32(18)21(14)22(34)15-5-7-16(24)8-6-15/h2-12H,13H2,1H3,(H,29,33)/b28-12+. The third kappa shape index (κ3) is 4.58. The summed E-state index contributed by atoms with van der Waals surface area (Å²) in [4.78, 5) is 25.2. The highest BCUT2D eigenvalue weighted by Crippen LogP contribution is 2.27. The summed E-state index contributed by atoms with van der Waals surface area (Å²) in [5, 5.41) is 7.21. The van der Waals surface area contributed by atoms with Crippen LogP contribution in [0, 0.1) is 12.7 Å². The minimum absolute atomic E-state index is 0.307. The molecule has 7 nitrogen and oxygen atoms in total. The van der Waals surface area contributed by atoms with Crippen LogP contribution in [0.5, 0.6) is 0 Å². The van der Waals surface area contributed by atoms with Gasteiger partial charge in [0.05, 0.1) is 17.4 Å². The Kier molecular flexibility index (Phi) is 6.01. The van der Waals surface area contributed by atoms with Crippen LogP contribution in [0.15, 0.2) is 66.0 Å². The molecule has 0 saturated heterocycles. The number of ketones is 1. The van der Waals surface area contributed by atoms with Crippen molar-refractivity contribution in [1.82, 2.24) is 19.6 Å². The minimum atomic E-state index is -4.60. The molecule has 0 unspecified atom stereocenters. The van der Waals surface area contributed by atoms with Crippen LogP contribution in [0.25, 0.3) is 5.52 Å². The van der Waals surface area contributed by atoms with Gasteiger partial charge in [-0.25, -0.2) is 9.82 Å². The van der Waals surface area contributed by atoms with Gasteiger partial charge in [-0.2, -0.15) is 23.4 Å². The molecule has 0 atom stereocenters. The number of benzene rings is 1. The van der Waals surface area contributed by atoms with Crippen molar-refractivity contribution in [2.75, 3.05) is 0 Å². The van der Waals surface area contributed by atoms with Gasteiger partial charge < -0.3 is 4.40 Å². The molecule has 0 bridgehead atoms. The van der Waals surface area contributed by atoms with Gasteiger partial charge in [0.25, 0.3) is 5.91 Å². The number of nitrogens with zero attached hydrogens (tertiary/aromatic N) is 4. The Labute approximate surface area is 190 Å². The van der Waals surface area contributed by atoms with Crippen molar-refractivity contribution in [1.29, 1.82) is 0 Å². The van der Waals surface area contributed by atoms with Crippen LogP contribution in [-0.4, -0.2) is 32.1 Å². The lowest BCUT2D eigenvalue weighted by molar-refractivity contribution is -0.141. The summed E-state index contributed by atoms with van der Waals surface area (Å²) in [5.41, 5.74) is 3.60. The van der Waals surface area contributed by atoms with Gasteiger partial charge in [0.1, 0.15) is 12.4 Å². The molecule has 0 aliphatic rings. The van der Waals surface area contributed by atoms with E-state index in [1.54, 1.807) is 35.7 Å². The molecule has 0 radical (unpaired) electrons. The van der Waals surface area contributed by atoms with Gasteiger partial charge >= 0.3 is 6.18 Å². The first kappa shape index (κ1) is 22.9. The normalized spacial score (nSPS) is 11.9. The number of halogens is 4. The first-order chi connectivity index (χ1) is 16.1. The second kappa shape index (κ2) is 8.93. The summed E-state index contributed by atoms with van der Waals surface area (Å²) in [7, 11) is 0. The zero-order chi connectivity index (χ0) is 24.5. The van der Waals surface area contributed by atoms with Gasteiger partial charge in [0.2, 0.25) is 5.78 Å². The highest BCUT2D eigenvalue weighted by Gasteiger charge is 2.33. The molecular formula is C23H17F4N5O2. The lowest BCUT2D eigenvalue weighted by Gasteiger charge is -2.04. The lowest BCUT2D eigenvalue weighted by atomic mass is 10.0. The van der Waals surface area contributed by atoms with Crippen molar-refractivity contribution < 1.29 is 27.2 Å². The summed E-state index contributed by atoms with van der Waals surface area (Å²) in [5.74, 6) is -1.46. The van der Waals surface area contributed by atoms with Crippen LogP contribution in [0.1, 0.15) is 32.9 Å². The van der Waals surface area contributed by atoms with Gasteiger partial charge in [0.15, 0.2) is 5.69 Å². The number of hydrazone groups is 1. The number of nitrogens with one attached hydrogen (secondary N) is 1. The summed E-state index contributed by atoms with van der Waals surface area (Å²) < 4.78 is 53.7. The number of fused-ring (bicyclic) bond motifs is 1. The smallest absolute Gasteiger partial charge is 0.313 e. The minimum Gasteiger partial charge on any atom is -0.313 e. The molecule has 1 amide bonds. The number of carbonyl (C=O) groups excluding carboxylic acids is 2. The predicted octanol–water partition coefficient (Wildman–Crippen LogP) is 3.98. The van der Waals surface area contributed by atoms with Crippen molar-refractivity contribution in [3.05, 3.63) is 94.8 Å². The topological polar surface area (TPSA) is 80.8 Å². The molecule has 34 heavy (non-hydrogen) atoms. The highest BCUT2D eigenvalue weighted by atomic mass is 19.4. The Morgan fingerprint density at radius 3 is 2.50 bits per heavy atom. The fourth-order valence-electron chi connectivity index (χ4n) is 3.49. The number of amides is 1. The average Bonchev–Trinajstić information content (AvgIpc) is 3.37. The summed E-state index contributed by atoms with van der Waals surface area (Å²) in [6.07, 6.45) is -0.499. The quantitative estimate of drug-likeness (QED) is 0.200. The van der Waals surface area contributed by atoms with Crippen LogP contribution in [-0.2, 0) is 17.5 Å². The molecule has 0 aliphatic carbocycles. The molecule has 1 N–H and O–H groups in total. The number of rotatable bonds is 6. The molecule has 4 aromatic rings. The van der Waals surface area contributed by atoms with E-state index in [0.29, 0.717) is 27.9 Å². The van der Waals surface area contributed by atoms with Crippen molar-refractivity contribution in [2.24, 2.45) is 5.10 Å². The monoisotopic (exact) mass is 471 g/mol. The zero-order valence-electron chi connectivity index (χ0n) is 17.7. The van der Waals surface area contributed by atoms with E-state index in [1.165, 1.54) is 30.5 Å². The van der Waals surface area contributed by atoms with Gasteiger partial charge in [-0.3, -0.25) is 14.3 Å². The largest absolute Gasteiger partial charge is 0.435 e. The van der Waals surface area contributed by atoms with Gasteiger partial charge in [-0.1, -0.05) is 6.07 Å². The fourth-order valence-corrected chi connectivity index (χ4v) is 3.49. The first-order valence-electron chi connectivity index (χ1n) is 9.97. The number of hydrogen-bond acceptors (Lipinski definition) is 4. The Bertz CT molecular complexity index is 1400. The summed E-state index contributed by atoms with van der Waals surface area (Å²) in [6, 6.07) is 11.2. The van der Waals surface area contributed by atoms with Crippen molar-refractivity contribution in [3.63, 3.8) is 0 Å². The molecule has 1 aromatic carbocycles. The van der Waals surface area contributed by atoms with E-state index >= 15 is 0 Å². The number of aromatic nitrogens is 3. The second-order valence-electron chi connectivity index (χ2n) is 7.37. The van der Waals surface area contributed by atoms with Gasteiger partial charge in [-0.05, 0) is 55.0 Å². The number of alkyl halides is 3. The van der Waals surface area contributed by atoms with Crippen molar-refractivity contribution in [3.8, 4) is 0 Å². The fraction of sp³-hybridized carbons (Fsp3) is 0.130. The molecule has 11 heteroatoms. The Morgan fingerprint density at radius 1 is 1.09 bits per heavy atom. The SMILES string of the molecule is Cc1c(/C=N/NC(=O)Cn2ccc(C(F)(F)F)n2)c2ccccn2c1C(=O)c1ccc(F)cc1. The van der Waals surface area contributed by atoms with Gasteiger partial charge in [-0.15, -0.1) is 0 Å². The van der Waals surface area contributed by atoms with E-state index in [-0.39, 0.29) is 5.78 Å². The average molecular weight is 471 g/mol. The summed E-state index contributed by atoms with van der Waals surface area (Å²) in [6.45, 7) is 1.26. The Hall–Kier alpha value is -4.28. The predicted molar refractivity (Wildman–Crippen MR) is 115 cm³/mol. The third-order valence-electron chi connectivity index (χ3n) is 5.08. The maximum Gasteiger partial charge on any atom is 0.435 e. The van der Waals surface area contributed by atoms with E-state index in [1.807, 2.05) is 0 Å². The Balaban J connectivity index is 1.56. The van der Waals surface area contributed by atoms with E-state index in [4.69, 9.17) is 0 Å². The second-order valence-corrected chi connectivity index (χ2v) is 7.37. The molecule has 0 spiro atoms. The van der Waals surface area contributed by atoms with Crippen LogP contribution < -0.4 is 5.43 Å². The van der Waals surface area contributed by atoms with E-state index in [0.717, 1.165) is 16.9 Å². The first-order valence-corrected chi connectivity index (χ1v) is 9.97. The molecule has 0 aliphatic heterocycles. The van der Waals surface area contributed by atoms with E-state index < -0.39 is 30.1 Å². The molecule has 3 aromatic heterocycles. The third-order valence-corrected chi connectivity index (χ3v) is 5.08. The van der Waals surface area contributed by atoms with Crippen LogP contribution >= 0.6 is 0 Å². The van der Waals surface area contributed by atoms with Gasteiger partial charge in [0, 0.05) is 23.5 Å². The van der Waals surface area contributed by atoms with E-state index in [2.05, 4.69) is 15.6 Å². The number of hydrogen-bond donors (Lipinski definition) is 1. The zero-order valence-corrected chi connectivity index (χ0v) is 17.7. The number of pyridine rings is 1. The van der Waals surface area contributed by atoms with Crippen LogP contribution in [0.2, 0.25) is 0 Å². The molecule has 0 fully saturated rings. The molecule has 0 saturated carbocycles. The van der Waals surface area contributed by atoms with Crippen LogP contribution in [0.3, 0.4) is 0 Å². The maximum atomic E-state index is 13.3. The molecule has 174 valence electrons. The number of carbonyl (C=O) groups is 2. The molecule has 4 rings (SSSR count). The maximum absolute atomic E-state index is 13.3.